The molecular weight excluding hydrogens is 187 g/mol. The van der Waals surface area contributed by atoms with Crippen LogP contribution in [0.2, 0.25) is 0 Å². The van der Waals surface area contributed by atoms with Crippen LogP contribution in [0.1, 0.15) is 32.6 Å². The van der Waals surface area contributed by atoms with Gasteiger partial charge in [-0.05, 0) is 25.3 Å². The van der Waals surface area contributed by atoms with Crippen molar-refractivity contribution in [2.45, 2.75) is 32.6 Å². The summed E-state index contributed by atoms with van der Waals surface area (Å²) in [6.45, 7) is 2.21. The number of carbonyl (C=O) groups excluding carboxylic acids is 1. The highest BCUT2D eigenvalue weighted by Crippen LogP contribution is 2.04. The molecule has 14 heavy (non-hydrogen) atoms. The number of allylic oxidation sites excluding steroid dienone is 1. The number of carbonyl (C=O) groups is 1. The first-order chi connectivity index (χ1) is 6.72. The standard InChI is InChI=1S/C10H17FO3/c1-2-3-8-14-10(13)9(11)6-4-5-7-12/h6,12H,2-5,7-8H2,1H3. The molecule has 0 aliphatic carbocycles. The lowest BCUT2D eigenvalue weighted by Gasteiger charge is -2.01. The number of hydrogen-bond donors (Lipinski definition) is 1. The van der Waals surface area contributed by atoms with Gasteiger partial charge in [-0.2, -0.15) is 4.39 Å². The third-order valence-corrected chi connectivity index (χ3v) is 1.61. The van der Waals surface area contributed by atoms with Crippen LogP contribution in [0.15, 0.2) is 11.9 Å². The molecule has 0 saturated heterocycles. The molecule has 0 saturated carbocycles. The summed E-state index contributed by atoms with van der Waals surface area (Å²) in [4.78, 5) is 10.9. The zero-order valence-electron chi connectivity index (χ0n) is 8.46. The number of aliphatic hydroxyl groups is 1. The van der Waals surface area contributed by atoms with Gasteiger partial charge in [-0.15, -0.1) is 0 Å². The second-order valence-electron chi connectivity index (χ2n) is 2.91. The highest BCUT2D eigenvalue weighted by molar-refractivity contribution is 5.85. The maximum atomic E-state index is 12.9. The molecule has 82 valence electrons. The van der Waals surface area contributed by atoms with Gasteiger partial charge in [-0.3, -0.25) is 0 Å². The molecule has 0 bridgehead atoms. The van der Waals surface area contributed by atoms with E-state index in [4.69, 9.17) is 5.11 Å². The molecule has 0 aromatic heterocycles. The van der Waals surface area contributed by atoms with E-state index >= 15 is 0 Å². The summed E-state index contributed by atoms with van der Waals surface area (Å²) < 4.78 is 17.5. The number of esters is 1. The number of hydrogen-bond acceptors (Lipinski definition) is 3. The molecule has 0 unspecified atom stereocenters. The van der Waals surface area contributed by atoms with Crippen LogP contribution in [-0.4, -0.2) is 24.3 Å². The molecule has 4 heteroatoms. The zero-order chi connectivity index (χ0) is 10.8. The average Bonchev–Trinajstić information content (AvgIpc) is 2.18. The van der Waals surface area contributed by atoms with E-state index in [1.165, 1.54) is 0 Å². The molecule has 0 aliphatic rings. The van der Waals surface area contributed by atoms with Crippen LogP contribution in [0.3, 0.4) is 0 Å². The smallest absolute Gasteiger partial charge is 0.366 e. The number of ether oxygens (including phenoxy) is 1. The summed E-state index contributed by atoms with van der Waals surface area (Å²) in [6.07, 6.45) is 3.60. The minimum Gasteiger partial charge on any atom is -0.460 e. The summed E-state index contributed by atoms with van der Waals surface area (Å²) in [6, 6.07) is 0. The maximum Gasteiger partial charge on any atom is 0.366 e. The fourth-order valence-corrected chi connectivity index (χ4v) is 0.782. The van der Waals surface area contributed by atoms with E-state index in [0.29, 0.717) is 12.8 Å². The van der Waals surface area contributed by atoms with Gasteiger partial charge in [0.15, 0.2) is 0 Å². The van der Waals surface area contributed by atoms with Crippen molar-refractivity contribution in [2.24, 2.45) is 0 Å². The first kappa shape index (κ1) is 13.1. The molecule has 0 heterocycles. The Labute approximate surface area is 83.6 Å². The van der Waals surface area contributed by atoms with Crippen LogP contribution in [0.5, 0.6) is 0 Å². The van der Waals surface area contributed by atoms with E-state index in [1.54, 1.807) is 0 Å². The van der Waals surface area contributed by atoms with Gasteiger partial charge in [0.2, 0.25) is 5.83 Å². The molecular formula is C10H17FO3. The van der Waals surface area contributed by atoms with Crippen molar-refractivity contribution >= 4 is 5.97 Å². The second-order valence-corrected chi connectivity index (χ2v) is 2.91. The summed E-state index contributed by atoms with van der Waals surface area (Å²) in [7, 11) is 0. The van der Waals surface area contributed by atoms with E-state index in [1.807, 2.05) is 6.92 Å². The van der Waals surface area contributed by atoms with Crippen LogP contribution in [-0.2, 0) is 9.53 Å². The lowest BCUT2D eigenvalue weighted by molar-refractivity contribution is -0.140. The molecule has 0 radical (unpaired) electrons. The van der Waals surface area contributed by atoms with Crippen LogP contribution in [0.25, 0.3) is 0 Å². The molecule has 0 amide bonds. The molecule has 0 spiro atoms. The number of rotatable bonds is 7. The largest absolute Gasteiger partial charge is 0.460 e. The Morgan fingerprint density at radius 2 is 2.21 bits per heavy atom. The van der Waals surface area contributed by atoms with Crippen molar-refractivity contribution in [1.29, 1.82) is 0 Å². The quantitative estimate of drug-likeness (QED) is 0.391. The molecule has 0 rings (SSSR count). The normalized spacial score (nSPS) is 11.5. The highest BCUT2D eigenvalue weighted by atomic mass is 19.1. The molecule has 3 nitrogen and oxygen atoms in total. The fraction of sp³-hybridized carbons (Fsp3) is 0.700. The number of unbranched alkanes of at least 4 members (excludes halogenated alkanes) is 2. The summed E-state index contributed by atoms with van der Waals surface area (Å²) in [5.41, 5.74) is 0. The molecule has 0 fully saturated rings. The first-order valence-corrected chi connectivity index (χ1v) is 4.86. The summed E-state index contributed by atoms with van der Waals surface area (Å²) in [5.74, 6) is -1.77. The number of halogens is 1. The molecule has 1 N–H and O–H groups in total. The topological polar surface area (TPSA) is 46.5 Å². The summed E-state index contributed by atoms with van der Waals surface area (Å²) >= 11 is 0. The fourth-order valence-electron chi connectivity index (χ4n) is 0.782. The Balaban J connectivity index is 3.68. The van der Waals surface area contributed by atoms with Crippen LogP contribution < -0.4 is 0 Å². The Morgan fingerprint density at radius 3 is 2.79 bits per heavy atom. The lowest BCUT2D eigenvalue weighted by Crippen LogP contribution is -2.06. The highest BCUT2D eigenvalue weighted by Gasteiger charge is 2.08. The van der Waals surface area contributed by atoms with Crippen LogP contribution in [0.4, 0.5) is 4.39 Å². The third-order valence-electron chi connectivity index (χ3n) is 1.61. The van der Waals surface area contributed by atoms with Crippen molar-refractivity contribution in [3.8, 4) is 0 Å². The van der Waals surface area contributed by atoms with Crippen molar-refractivity contribution in [2.75, 3.05) is 13.2 Å². The van der Waals surface area contributed by atoms with Crippen LogP contribution >= 0.6 is 0 Å². The molecule has 0 aromatic carbocycles. The summed E-state index contributed by atoms with van der Waals surface area (Å²) in [5, 5.41) is 8.42. The van der Waals surface area contributed by atoms with Gasteiger partial charge in [0.25, 0.3) is 0 Å². The maximum absolute atomic E-state index is 12.9. The van der Waals surface area contributed by atoms with Gasteiger partial charge in [-0.25, -0.2) is 4.79 Å². The van der Waals surface area contributed by atoms with E-state index in [2.05, 4.69) is 4.74 Å². The number of aliphatic hydroxyl groups excluding tert-OH is 1. The van der Waals surface area contributed by atoms with Crippen LogP contribution in [0, 0.1) is 0 Å². The van der Waals surface area contributed by atoms with Crippen molar-refractivity contribution in [3.63, 3.8) is 0 Å². The first-order valence-electron chi connectivity index (χ1n) is 4.86. The van der Waals surface area contributed by atoms with Gasteiger partial charge in [-0.1, -0.05) is 13.3 Å². The Hall–Kier alpha value is -0.900. The second kappa shape index (κ2) is 8.69. The van der Waals surface area contributed by atoms with Gasteiger partial charge >= 0.3 is 5.97 Å². The minimum atomic E-state index is -0.906. The van der Waals surface area contributed by atoms with Crippen molar-refractivity contribution in [3.05, 3.63) is 11.9 Å². The zero-order valence-corrected chi connectivity index (χ0v) is 8.46. The Morgan fingerprint density at radius 1 is 1.50 bits per heavy atom. The van der Waals surface area contributed by atoms with E-state index < -0.39 is 11.8 Å². The van der Waals surface area contributed by atoms with Crippen molar-refractivity contribution in [1.82, 2.24) is 0 Å². The Kier molecular flexibility index (Phi) is 8.13. The predicted octanol–water partition coefficient (Wildman–Crippen LogP) is 1.96. The van der Waals surface area contributed by atoms with E-state index in [9.17, 15) is 9.18 Å². The molecule has 0 atom stereocenters. The monoisotopic (exact) mass is 204 g/mol. The lowest BCUT2D eigenvalue weighted by atomic mass is 10.3. The SMILES string of the molecule is CCCCOC(=O)C(F)=CCCCO. The molecule has 0 aliphatic heterocycles. The predicted molar refractivity (Wildman–Crippen MR) is 51.4 cm³/mol. The molecule has 0 aromatic rings. The van der Waals surface area contributed by atoms with Gasteiger partial charge in [0.1, 0.15) is 0 Å². The van der Waals surface area contributed by atoms with Gasteiger partial charge in [0, 0.05) is 6.61 Å². The Bertz CT molecular complexity index is 190. The van der Waals surface area contributed by atoms with Crippen molar-refractivity contribution < 1.29 is 19.0 Å². The van der Waals surface area contributed by atoms with E-state index in [0.717, 1.165) is 18.9 Å². The van der Waals surface area contributed by atoms with Gasteiger partial charge in [0.05, 0.1) is 6.61 Å². The third kappa shape index (κ3) is 6.60. The van der Waals surface area contributed by atoms with Gasteiger partial charge < -0.3 is 9.84 Å². The van der Waals surface area contributed by atoms with E-state index in [-0.39, 0.29) is 13.2 Å². The average molecular weight is 204 g/mol. The minimum absolute atomic E-state index is 0.00530.